The Kier molecular flexibility index (Phi) is 6.59. The lowest BCUT2D eigenvalue weighted by atomic mass is 9.97. The molecule has 1 aliphatic rings. The third kappa shape index (κ3) is 5.34. The molecular weight excluding hydrogens is 423 g/mol. The number of halogens is 2. The molecule has 0 aliphatic carbocycles. The molecule has 30 heavy (non-hydrogen) atoms. The Morgan fingerprint density at radius 2 is 1.83 bits per heavy atom. The lowest BCUT2D eigenvalue weighted by Gasteiger charge is -2.31. The van der Waals surface area contributed by atoms with Gasteiger partial charge in [0.25, 0.3) is 5.91 Å². The van der Waals surface area contributed by atoms with E-state index in [9.17, 15) is 9.18 Å². The predicted molar refractivity (Wildman–Crippen MR) is 118 cm³/mol. The first-order valence-corrected chi connectivity index (χ1v) is 11.1. The number of nitrogens with zero attached hydrogens (tertiary/aromatic N) is 3. The fourth-order valence-corrected chi connectivity index (χ4v) is 4.36. The van der Waals surface area contributed by atoms with Gasteiger partial charge in [0.1, 0.15) is 11.6 Å². The van der Waals surface area contributed by atoms with Crippen molar-refractivity contribution in [3.63, 3.8) is 0 Å². The van der Waals surface area contributed by atoms with Gasteiger partial charge in [0.05, 0.1) is 0 Å². The van der Waals surface area contributed by atoms with Gasteiger partial charge in [0.2, 0.25) is 5.13 Å². The van der Waals surface area contributed by atoms with Crippen LogP contribution in [0.15, 0.2) is 48.5 Å². The van der Waals surface area contributed by atoms with Crippen LogP contribution in [0.2, 0.25) is 5.02 Å². The molecule has 0 unspecified atom stereocenters. The van der Waals surface area contributed by atoms with Gasteiger partial charge in [0.15, 0.2) is 0 Å². The molecular formula is C22H22ClFN4OS. The maximum atomic E-state index is 13.0. The molecule has 1 amide bonds. The molecule has 0 spiro atoms. The number of aromatic nitrogens is 2. The van der Waals surface area contributed by atoms with E-state index in [0.29, 0.717) is 29.5 Å². The Hall–Kier alpha value is -2.51. The first kappa shape index (κ1) is 20.8. The fourth-order valence-electron chi connectivity index (χ4n) is 3.50. The van der Waals surface area contributed by atoms with Crippen molar-refractivity contribution in [2.45, 2.75) is 19.3 Å². The van der Waals surface area contributed by atoms with Crippen molar-refractivity contribution in [1.29, 1.82) is 0 Å². The summed E-state index contributed by atoms with van der Waals surface area (Å²) >= 11 is 7.27. The van der Waals surface area contributed by atoms with Gasteiger partial charge in [-0.15, -0.1) is 0 Å². The number of benzene rings is 2. The predicted octanol–water partition coefficient (Wildman–Crippen LogP) is 4.57. The normalized spacial score (nSPS) is 14.7. The zero-order valence-corrected chi connectivity index (χ0v) is 17.9. The van der Waals surface area contributed by atoms with Crippen molar-refractivity contribution in [2.75, 3.05) is 24.5 Å². The van der Waals surface area contributed by atoms with Crippen LogP contribution in [-0.2, 0) is 6.42 Å². The summed E-state index contributed by atoms with van der Waals surface area (Å²) in [7, 11) is 0. The largest absolute Gasteiger partial charge is 0.352 e. The van der Waals surface area contributed by atoms with Gasteiger partial charge in [-0.05, 0) is 60.7 Å². The number of carbonyl (C=O) groups excluding carboxylic acids is 1. The minimum absolute atomic E-state index is 0.0661. The molecule has 5 nitrogen and oxygen atoms in total. The second-order valence-corrected chi connectivity index (χ2v) is 8.61. The summed E-state index contributed by atoms with van der Waals surface area (Å²) in [6.07, 6.45) is 2.59. The van der Waals surface area contributed by atoms with Crippen LogP contribution in [0, 0.1) is 11.7 Å². The number of nitrogens with one attached hydrogen (secondary N) is 1. The molecule has 0 bridgehead atoms. The monoisotopic (exact) mass is 444 g/mol. The Morgan fingerprint density at radius 3 is 2.53 bits per heavy atom. The second-order valence-electron chi connectivity index (χ2n) is 7.44. The van der Waals surface area contributed by atoms with Crippen molar-refractivity contribution in [1.82, 2.24) is 14.7 Å². The zero-order valence-electron chi connectivity index (χ0n) is 16.4. The molecule has 8 heteroatoms. The summed E-state index contributed by atoms with van der Waals surface area (Å²) in [5.41, 5.74) is 1.62. The molecule has 1 aromatic heterocycles. The van der Waals surface area contributed by atoms with Crippen LogP contribution in [0.1, 0.15) is 34.6 Å². The molecule has 4 rings (SSSR count). The molecule has 1 aliphatic heterocycles. The highest BCUT2D eigenvalue weighted by atomic mass is 35.5. The van der Waals surface area contributed by atoms with Gasteiger partial charge in [-0.25, -0.2) is 9.37 Å². The van der Waals surface area contributed by atoms with Crippen LogP contribution >= 0.6 is 23.1 Å². The van der Waals surface area contributed by atoms with Gasteiger partial charge in [0, 0.05) is 48.2 Å². The molecule has 1 N–H and O–H groups in total. The minimum atomic E-state index is -0.238. The molecule has 0 saturated carbocycles. The summed E-state index contributed by atoms with van der Waals surface area (Å²) in [6, 6.07) is 13.4. The molecule has 3 aromatic rings. The standard InChI is InChI=1S/C22H22ClFN4OS/c23-18-5-3-17(4-6-18)21(29)25-14-16-9-11-28(12-10-16)22-26-20(27-30-22)13-15-1-7-19(24)8-2-15/h1-8,16H,9-14H2,(H,25,29). The van der Waals surface area contributed by atoms with E-state index in [1.54, 1.807) is 36.4 Å². The lowest BCUT2D eigenvalue weighted by Crippen LogP contribution is -2.38. The van der Waals surface area contributed by atoms with E-state index in [0.717, 1.165) is 42.5 Å². The number of amides is 1. The third-order valence-corrected chi connectivity index (χ3v) is 6.34. The number of hydrogen-bond donors (Lipinski definition) is 1. The average Bonchev–Trinajstić information content (AvgIpc) is 3.23. The maximum absolute atomic E-state index is 13.0. The smallest absolute Gasteiger partial charge is 0.251 e. The summed E-state index contributed by atoms with van der Waals surface area (Å²) in [5.74, 6) is 0.907. The van der Waals surface area contributed by atoms with Crippen molar-refractivity contribution in [3.8, 4) is 0 Å². The summed E-state index contributed by atoms with van der Waals surface area (Å²) in [5, 5.41) is 4.57. The SMILES string of the molecule is O=C(NCC1CCN(c2nc(Cc3ccc(F)cc3)ns2)CC1)c1ccc(Cl)cc1. The minimum Gasteiger partial charge on any atom is -0.352 e. The van der Waals surface area contributed by atoms with Gasteiger partial charge in [-0.1, -0.05) is 23.7 Å². The topological polar surface area (TPSA) is 58.1 Å². The summed E-state index contributed by atoms with van der Waals surface area (Å²) in [4.78, 5) is 19.2. The molecule has 0 atom stereocenters. The van der Waals surface area contributed by atoms with E-state index >= 15 is 0 Å². The number of rotatable bonds is 6. The van der Waals surface area contributed by atoms with E-state index in [2.05, 4.69) is 19.6 Å². The number of carbonyl (C=O) groups is 1. The first-order chi connectivity index (χ1) is 14.6. The molecule has 1 saturated heterocycles. The van der Waals surface area contributed by atoms with Crippen LogP contribution in [-0.4, -0.2) is 34.9 Å². The molecule has 0 radical (unpaired) electrons. The van der Waals surface area contributed by atoms with Crippen molar-refractivity contribution < 1.29 is 9.18 Å². The Balaban J connectivity index is 1.24. The molecule has 2 aromatic carbocycles. The van der Waals surface area contributed by atoms with E-state index in [-0.39, 0.29) is 11.7 Å². The summed E-state index contributed by atoms with van der Waals surface area (Å²) in [6.45, 7) is 2.46. The van der Waals surface area contributed by atoms with E-state index in [1.165, 1.54) is 23.7 Å². The highest BCUT2D eigenvalue weighted by Crippen LogP contribution is 2.25. The van der Waals surface area contributed by atoms with Crippen molar-refractivity contribution in [3.05, 3.63) is 76.3 Å². The number of hydrogen-bond acceptors (Lipinski definition) is 5. The zero-order chi connectivity index (χ0) is 20.9. The van der Waals surface area contributed by atoms with Crippen molar-refractivity contribution in [2.24, 2.45) is 5.92 Å². The van der Waals surface area contributed by atoms with Crippen LogP contribution in [0.4, 0.5) is 9.52 Å². The Morgan fingerprint density at radius 1 is 1.13 bits per heavy atom. The molecule has 2 heterocycles. The quantitative estimate of drug-likeness (QED) is 0.605. The van der Waals surface area contributed by atoms with Gasteiger partial charge in [-0.2, -0.15) is 4.37 Å². The van der Waals surface area contributed by atoms with E-state index in [1.807, 2.05) is 0 Å². The number of anilines is 1. The third-order valence-electron chi connectivity index (χ3n) is 5.28. The van der Waals surface area contributed by atoms with Crippen LogP contribution < -0.4 is 10.2 Å². The average molecular weight is 445 g/mol. The van der Waals surface area contributed by atoms with E-state index < -0.39 is 0 Å². The Bertz CT molecular complexity index is 985. The molecule has 1 fully saturated rings. The van der Waals surface area contributed by atoms with Gasteiger partial charge in [-0.3, -0.25) is 4.79 Å². The van der Waals surface area contributed by atoms with Crippen LogP contribution in [0.3, 0.4) is 0 Å². The van der Waals surface area contributed by atoms with Crippen LogP contribution in [0.25, 0.3) is 0 Å². The highest BCUT2D eigenvalue weighted by molar-refractivity contribution is 7.09. The van der Waals surface area contributed by atoms with Crippen molar-refractivity contribution >= 4 is 34.2 Å². The lowest BCUT2D eigenvalue weighted by molar-refractivity contribution is 0.0945. The fraction of sp³-hybridized carbons (Fsp3) is 0.318. The van der Waals surface area contributed by atoms with E-state index in [4.69, 9.17) is 11.6 Å². The first-order valence-electron chi connectivity index (χ1n) is 9.92. The van der Waals surface area contributed by atoms with Crippen LogP contribution in [0.5, 0.6) is 0 Å². The Labute approximate surface area is 184 Å². The van der Waals surface area contributed by atoms with Gasteiger partial charge >= 0.3 is 0 Å². The number of piperidine rings is 1. The summed E-state index contributed by atoms with van der Waals surface area (Å²) < 4.78 is 17.5. The van der Waals surface area contributed by atoms with Gasteiger partial charge < -0.3 is 10.2 Å². The second kappa shape index (κ2) is 9.53. The maximum Gasteiger partial charge on any atom is 0.251 e. The molecule has 156 valence electrons. The highest BCUT2D eigenvalue weighted by Gasteiger charge is 2.22.